The number of nitrogens with one attached hydrogen (secondary N) is 2. The summed E-state index contributed by atoms with van der Waals surface area (Å²) in [7, 11) is 1.80. The van der Waals surface area contributed by atoms with E-state index in [1.807, 2.05) is 0 Å². The second-order valence-corrected chi connectivity index (χ2v) is 4.07. The molecule has 1 aromatic carbocycles. The molecule has 6 heteroatoms. The summed E-state index contributed by atoms with van der Waals surface area (Å²) in [4.78, 5) is 8.15. The van der Waals surface area contributed by atoms with Crippen LogP contribution in [0.2, 0.25) is 10.0 Å². The quantitative estimate of drug-likeness (QED) is 0.894. The number of halogens is 2. The van der Waals surface area contributed by atoms with Crippen molar-refractivity contribution >= 4 is 40.5 Å². The molecular weight excluding hydrogens is 259 g/mol. The molecule has 2 rings (SSSR count). The smallest absolute Gasteiger partial charge is 0.227 e. The Kier molecular flexibility index (Phi) is 3.66. The Hall–Kier alpha value is -1.52. The Balaban J connectivity index is 2.35. The zero-order valence-electron chi connectivity index (χ0n) is 9.04. The summed E-state index contributed by atoms with van der Waals surface area (Å²) in [5, 5.41) is 7.06. The molecule has 0 aliphatic rings. The molecule has 0 spiro atoms. The number of rotatable bonds is 3. The number of benzene rings is 1. The van der Waals surface area contributed by atoms with Crippen molar-refractivity contribution in [2.75, 3.05) is 17.7 Å². The molecule has 0 aliphatic carbocycles. The van der Waals surface area contributed by atoms with E-state index in [1.54, 1.807) is 37.6 Å². The van der Waals surface area contributed by atoms with Crippen LogP contribution in [-0.4, -0.2) is 17.0 Å². The van der Waals surface area contributed by atoms with E-state index in [1.165, 1.54) is 0 Å². The Morgan fingerprint density at radius 2 is 1.59 bits per heavy atom. The van der Waals surface area contributed by atoms with Crippen molar-refractivity contribution in [1.82, 2.24) is 9.97 Å². The van der Waals surface area contributed by atoms with Gasteiger partial charge in [-0.15, -0.1) is 0 Å². The van der Waals surface area contributed by atoms with Crippen molar-refractivity contribution in [1.29, 1.82) is 0 Å². The van der Waals surface area contributed by atoms with Gasteiger partial charge >= 0.3 is 0 Å². The lowest BCUT2D eigenvalue weighted by Gasteiger charge is -2.11. The lowest BCUT2D eigenvalue weighted by atomic mass is 10.2. The van der Waals surface area contributed by atoms with E-state index >= 15 is 0 Å². The molecule has 2 N–H and O–H groups in total. The summed E-state index contributed by atoms with van der Waals surface area (Å²) in [6, 6.07) is 5.22. The number of aromatic nitrogens is 2. The Bertz CT molecular complexity index is 516. The second kappa shape index (κ2) is 5.21. The van der Waals surface area contributed by atoms with Crippen molar-refractivity contribution in [3.05, 3.63) is 40.6 Å². The maximum absolute atomic E-state index is 5.97. The topological polar surface area (TPSA) is 49.8 Å². The first-order valence-corrected chi connectivity index (χ1v) is 5.67. The maximum Gasteiger partial charge on any atom is 0.227 e. The predicted molar refractivity (Wildman–Crippen MR) is 71.3 cm³/mol. The minimum Gasteiger partial charge on any atom is -0.386 e. The van der Waals surface area contributed by atoms with Crippen LogP contribution in [0.1, 0.15) is 0 Å². The molecule has 1 aromatic heterocycles. The van der Waals surface area contributed by atoms with Crippen molar-refractivity contribution in [3.63, 3.8) is 0 Å². The molecule has 4 nitrogen and oxygen atoms in total. The molecule has 0 saturated heterocycles. The van der Waals surface area contributed by atoms with Crippen LogP contribution in [-0.2, 0) is 0 Å². The summed E-state index contributed by atoms with van der Waals surface area (Å²) >= 11 is 11.9. The van der Waals surface area contributed by atoms with Gasteiger partial charge in [-0.2, -0.15) is 0 Å². The minimum absolute atomic E-state index is 0.476. The average Bonchev–Trinajstić information content (AvgIpc) is 2.35. The van der Waals surface area contributed by atoms with Crippen LogP contribution in [0.25, 0.3) is 0 Å². The highest BCUT2D eigenvalue weighted by Gasteiger charge is 2.07. The van der Waals surface area contributed by atoms with E-state index in [4.69, 9.17) is 23.2 Å². The zero-order chi connectivity index (χ0) is 12.3. The lowest BCUT2D eigenvalue weighted by molar-refractivity contribution is 1.17. The van der Waals surface area contributed by atoms with Gasteiger partial charge in [0.15, 0.2) is 0 Å². The average molecular weight is 269 g/mol. The third kappa shape index (κ3) is 2.78. The summed E-state index contributed by atoms with van der Waals surface area (Å²) < 4.78 is 0. The summed E-state index contributed by atoms with van der Waals surface area (Å²) in [5.74, 6) is 0.502. The maximum atomic E-state index is 5.97. The number of hydrogen-bond donors (Lipinski definition) is 2. The molecular formula is C11H10Cl2N4. The van der Waals surface area contributed by atoms with Crippen LogP contribution in [0, 0.1) is 0 Å². The fraction of sp³-hybridized carbons (Fsp3) is 0.0909. The highest BCUT2D eigenvalue weighted by atomic mass is 35.5. The van der Waals surface area contributed by atoms with Crippen LogP contribution >= 0.6 is 23.2 Å². The molecule has 0 fully saturated rings. The van der Waals surface area contributed by atoms with Crippen LogP contribution in [0.3, 0.4) is 0 Å². The van der Waals surface area contributed by atoms with Crippen LogP contribution < -0.4 is 10.6 Å². The van der Waals surface area contributed by atoms with Crippen LogP contribution in [0.5, 0.6) is 0 Å². The lowest BCUT2D eigenvalue weighted by Crippen LogP contribution is -2.00. The van der Waals surface area contributed by atoms with Gasteiger partial charge in [-0.25, -0.2) is 9.97 Å². The first-order chi connectivity index (χ1) is 8.20. The predicted octanol–water partition coefficient (Wildman–Crippen LogP) is 3.57. The standard InChI is InChI=1S/C11H10Cl2N4/c1-14-9-5-7(12)8(13)6-10(9)17-11-15-3-2-4-16-11/h2-6,14H,1H3,(H,15,16,17). The van der Waals surface area contributed by atoms with Crippen molar-refractivity contribution < 1.29 is 0 Å². The van der Waals surface area contributed by atoms with E-state index in [9.17, 15) is 0 Å². The van der Waals surface area contributed by atoms with E-state index < -0.39 is 0 Å². The van der Waals surface area contributed by atoms with E-state index in [0.29, 0.717) is 16.0 Å². The Morgan fingerprint density at radius 1 is 1.00 bits per heavy atom. The Morgan fingerprint density at radius 3 is 2.18 bits per heavy atom. The normalized spacial score (nSPS) is 10.1. The molecule has 0 amide bonds. The highest BCUT2D eigenvalue weighted by Crippen LogP contribution is 2.33. The molecule has 2 aromatic rings. The first kappa shape index (κ1) is 12.0. The number of hydrogen-bond acceptors (Lipinski definition) is 4. The van der Waals surface area contributed by atoms with Gasteiger partial charge in [0.1, 0.15) is 0 Å². The van der Waals surface area contributed by atoms with Gasteiger partial charge in [0, 0.05) is 19.4 Å². The van der Waals surface area contributed by atoms with Crippen LogP contribution in [0.4, 0.5) is 17.3 Å². The monoisotopic (exact) mass is 268 g/mol. The third-order valence-corrected chi connectivity index (χ3v) is 2.86. The van der Waals surface area contributed by atoms with Gasteiger partial charge in [0.2, 0.25) is 5.95 Å². The second-order valence-electron chi connectivity index (χ2n) is 3.26. The highest BCUT2D eigenvalue weighted by molar-refractivity contribution is 6.42. The van der Waals surface area contributed by atoms with Gasteiger partial charge in [0.25, 0.3) is 0 Å². The molecule has 0 saturated carbocycles. The van der Waals surface area contributed by atoms with Crippen molar-refractivity contribution in [3.8, 4) is 0 Å². The van der Waals surface area contributed by atoms with Gasteiger partial charge in [-0.1, -0.05) is 23.2 Å². The van der Waals surface area contributed by atoms with Crippen molar-refractivity contribution in [2.45, 2.75) is 0 Å². The molecule has 0 bridgehead atoms. The molecule has 0 unspecified atom stereocenters. The summed E-state index contributed by atoms with van der Waals surface area (Å²) in [5.41, 5.74) is 1.60. The van der Waals surface area contributed by atoms with E-state index in [-0.39, 0.29) is 0 Å². The van der Waals surface area contributed by atoms with Gasteiger partial charge < -0.3 is 10.6 Å². The van der Waals surface area contributed by atoms with E-state index in [0.717, 1.165) is 11.4 Å². The van der Waals surface area contributed by atoms with E-state index in [2.05, 4.69) is 20.6 Å². The minimum atomic E-state index is 0.476. The molecule has 0 radical (unpaired) electrons. The zero-order valence-corrected chi connectivity index (χ0v) is 10.5. The summed E-state index contributed by atoms with van der Waals surface area (Å²) in [6.45, 7) is 0. The van der Waals surface area contributed by atoms with Gasteiger partial charge in [0.05, 0.1) is 21.4 Å². The number of anilines is 3. The number of nitrogens with zero attached hydrogens (tertiary/aromatic N) is 2. The fourth-order valence-corrected chi connectivity index (χ4v) is 1.67. The molecule has 17 heavy (non-hydrogen) atoms. The summed E-state index contributed by atoms with van der Waals surface area (Å²) in [6.07, 6.45) is 3.32. The van der Waals surface area contributed by atoms with Crippen molar-refractivity contribution in [2.24, 2.45) is 0 Å². The molecule has 0 aliphatic heterocycles. The first-order valence-electron chi connectivity index (χ1n) is 4.91. The fourth-order valence-electron chi connectivity index (χ4n) is 1.34. The molecule has 88 valence electrons. The SMILES string of the molecule is CNc1cc(Cl)c(Cl)cc1Nc1ncccn1. The van der Waals surface area contributed by atoms with Crippen LogP contribution in [0.15, 0.2) is 30.6 Å². The largest absolute Gasteiger partial charge is 0.386 e. The third-order valence-electron chi connectivity index (χ3n) is 2.14. The van der Waals surface area contributed by atoms with Gasteiger partial charge in [-0.3, -0.25) is 0 Å². The molecule has 0 atom stereocenters. The Labute approximate surface area is 109 Å². The van der Waals surface area contributed by atoms with Gasteiger partial charge in [-0.05, 0) is 18.2 Å². The molecule has 1 heterocycles.